The highest BCUT2D eigenvalue weighted by molar-refractivity contribution is 5.39. The second kappa shape index (κ2) is 5.28. The number of hydrogen-bond acceptors (Lipinski definition) is 1. The lowest BCUT2D eigenvalue weighted by atomic mass is 9.92. The second-order valence-corrected chi connectivity index (χ2v) is 6.99. The summed E-state index contributed by atoms with van der Waals surface area (Å²) in [5.41, 5.74) is 9.68. The Kier molecular flexibility index (Phi) is 3.66. The summed E-state index contributed by atoms with van der Waals surface area (Å²) in [6.45, 7) is 4.61. The molecule has 104 valence electrons. The summed E-state index contributed by atoms with van der Waals surface area (Å²) in [6.07, 6.45) is 6.48. The fraction of sp³-hybridized carbons (Fsp3) is 0.667. The fourth-order valence-electron chi connectivity index (χ4n) is 4.16. The first kappa shape index (κ1) is 13.2. The summed E-state index contributed by atoms with van der Waals surface area (Å²) >= 11 is 0. The van der Waals surface area contributed by atoms with Gasteiger partial charge in [0.1, 0.15) is 0 Å². The number of benzene rings is 1. The van der Waals surface area contributed by atoms with Gasteiger partial charge < -0.3 is 5.73 Å². The van der Waals surface area contributed by atoms with Crippen molar-refractivity contribution < 1.29 is 0 Å². The van der Waals surface area contributed by atoms with Crippen LogP contribution in [0.25, 0.3) is 0 Å². The van der Waals surface area contributed by atoms with E-state index in [0.717, 1.165) is 23.7 Å². The lowest BCUT2D eigenvalue weighted by Gasteiger charge is -2.14. The Hall–Kier alpha value is -0.820. The maximum atomic E-state index is 6.48. The van der Waals surface area contributed by atoms with Crippen LogP contribution in [0, 0.1) is 17.8 Å². The van der Waals surface area contributed by atoms with E-state index in [4.69, 9.17) is 5.73 Å². The molecule has 1 saturated carbocycles. The zero-order valence-electron chi connectivity index (χ0n) is 12.3. The number of hydrogen-bond donors (Lipinski definition) is 1. The van der Waals surface area contributed by atoms with Crippen LogP contribution in [-0.4, -0.2) is 6.04 Å². The minimum atomic E-state index is 0.430. The van der Waals surface area contributed by atoms with Crippen LogP contribution in [0.2, 0.25) is 0 Å². The molecule has 0 aliphatic heterocycles. The van der Waals surface area contributed by atoms with Gasteiger partial charge in [-0.3, -0.25) is 0 Å². The van der Waals surface area contributed by atoms with Gasteiger partial charge in [0.15, 0.2) is 0 Å². The van der Waals surface area contributed by atoms with Gasteiger partial charge >= 0.3 is 0 Å². The SMILES string of the molecule is CC(C)CCCC(N)C1C2CCc3ccccc3C21. The summed E-state index contributed by atoms with van der Waals surface area (Å²) in [7, 11) is 0. The van der Waals surface area contributed by atoms with Crippen LogP contribution in [0.1, 0.15) is 56.6 Å². The first-order valence-electron chi connectivity index (χ1n) is 8.02. The number of nitrogens with two attached hydrogens (primary N) is 1. The molecule has 0 aromatic heterocycles. The van der Waals surface area contributed by atoms with E-state index in [-0.39, 0.29) is 0 Å². The Morgan fingerprint density at radius 1 is 1.21 bits per heavy atom. The topological polar surface area (TPSA) is 26.0 Å². The van der Waals surface area contributed by atoms with Crippen molar-refractivity contribution in [1.82, 2.24) is 0 Å². The molecular formula is C18H27N. The summed E-state index contributed by atoms with van der Waals surface area (Å²) in [5.74, 6) is 3.27. The monoisotopic (exact) mass is 257 g/mol. The average Bonchev–Trinajstić information content (AvgIpc) is 3.13. The Bertz CT molecular complexity index is 437. The molecule has 0 spiro atoms. The maximum Gasteiger partial charge on any atom is 0.00759 e. The van der Waals surface area contributed by atoms with Crippen molar-refractivity contribution in [2.75, 3.05) is 0 Å². The molecule has 3 rings (SSSR count). The van der Waals surface area contributed by atoms with Gasteiger partial charge in [0, 0.05) is 6.04 Å². The van der Waals surface area contributed by atoms with Crippen LogP contribution < -0.4 is 5.73 Å². The average molecular weight is 257 g/mol. The summed E-state index contributed by atoms with van der Waals surface area (Å²) in [6, 6.07) is 9.46. The van der Waals surface area contributed by atoms with E-state index in [0.29, 0.717) is 6.04 Å². The van der Waals surface area contributed by atoms with E-state index in [1.165, 1.54) is 32.1 Å². The Morgan fingerprint density at radius 3 is 2.79 bits per heavy atom. The molecule has 1 fully saturated rings. The lowest BCUT2D eigenvalue weighted by molar-refractivity contribution is 0.452. The molecule has 0 saturated heterocycles. The quantitative estimate of drug-likeness (QED) is 0.844. The van der Waals surface area contributed by atoms with Crippen LogP contribution in [0.15, 0.2) is 24.3 Å². The van der Waals surface area contributed by atoms with Crippen LogP contribution in [0.5, 0.6) is 0 Å². The number of rotatable bonds is 5. The predicted molar refractivity (Wildman–Crippen MR) is 81.1 cm³/mol. The van der Waals surface area contributed by atoms with Gasteiger partial charge in [-0.1, -0.05) is 51.0 Å². The fourth-order valence-corrected chi connectivity index (χ4v) is 4.16. The smallest absolute Gasteiger partial charge is 0.00759 e. The third-order valence-electron chi connectivity index (χ3n) is 5.20. The molecule has 2 aliphatic carbocycles. The van der Waals surface area contributed by atoms with E-state index in [9.17, 15) is 0 Å². The zero-order valence-corrected chi connectivity index (χ0v) is 12.3. The van der Waals surface area contributed by atoms with Crippen molar-refractivity contribution in [3.05, 3.63) is 35.4 Å². The lowest BCUT2D eigenvalue weighted by Crippen LogP contribution is -2.24. The molecule has 1 aromatic carbocycles. The Morgan fingerprint density at radius 2 is 2.00 bits per heavy atom. The van der Waals surface area contributed by atoms with Crippen molar-refractivity contribution >= 4 is 0 Å². The molecule has 0 heterocycles. The maximum absolute atomic E-state index is 6.48. The highest BCUT2D eigenvalue weighted by Gasteiger charge is 2.55. The van der Waals surface area contributed by atoms with Crippen LogP contribution in [0.4, 0.5) is 0 Å². The minimum absolute atomic E-state index is 0.430. The van der Waals surface area contributed by atoms with Crippen LogP contribution in [0.3, 0.4) is 0 Å². The van der Waals surface area contributed by atoms with Gasteiger partial charge in [-0.05, 0) is 54.1 Å². The molecule has 1 aromatic rings. The molecule has 0 bridgehead atoms. The Balaban J connectivity index is 1.61. The van der Waals surface area contributed by atoms with Crippen LogP contribution in [-0.2, 0) is 6.42 Å². The number of fused-ring (bicyclic) bond motifs is 3. The summed E-state index contributed by atoms with van der Waals surface area (Å²) in [5, 5.41) is 0. The second-order valence-electron chi connectivity index (χ2n) is 6.99. The van der Waals surface area contributed by atoms with E-state index >= 15 is 0 Å². The minimum Gasteiger partial charge on any atom is -0.327 e. The highest BCUT2D eigenvalue weighted by atomic mass is 14.7. The zero-order chi connectivity index (χ0) is 13.4. The molecule has 19 heavy (non-hydrogen) atoms. The summed E-state index contributed by atoms with van der Waals surface area (Å²) < 4.78 is 0. The van der Waals surface area contributed by atoms with Gasteiger partial charge in [0.05, 0.1) is 0 Å². The van der Waals surface area contributed by atoms with E-state index in [1.54, 1.807) is 11.1 Å². The van der Waals surface area contributed by atoms with Crippen molar-refractivity contribution in [3.8, 4) is 0 Å². The molecule has 4 atom stereocenters. The molecular weight excluding hydrogens is 230 g/mol. The first-order chi connectivity index (χ1) is 9.18. The highest BCUT2D eigenvalue weighted by Crippen LogP contribution is 2.61. The van der Waals surface area contributed by atoms with Crippen molar-refractivity contribution in [1.29, 1.82) is 0 Å². The largest absolute Gasteiger partial charge is 0.327 e. The molecule has 1 heteroatoms. The molecule has 1 nitrogen and oxygen atoms in total. The van der Waals surface area contributed by atoms with Crippen molar-refractivity contribution in [2.24, 2.45) is 23.5 Å². The third-order valence-corrected chi connectivity index (χ3v) is 5.20. The number of aryl methyl sites for hydroxylation is 1. The van der Waals surface area contributed by atoms with Crippen LogP contribution >= 0.6 is 0 Å². The standard InChI is InChI=1S/C18H27N/c1-12(2)6-5-9-16(19)18-15-11-10-13-7-3-4-8-14(13)17(15)18/h3-4,7-8,12,15-18H,5-6,9-11,19H2,1-2H3. The summed E-state index contributed by atoms with van der Waals surface area (Å²) in [4.78, 5) is 0. The van der Waals surface area contributed by atoms with Gasteiger partial charge in [-0.15, -0.1) is 0 Å². The molecule has 0 radical (unpaired) electrons. The van der Waals surface area contributed by atoms with Gasteiger partial charge in [0.25, 0.3) is 0 Å². The predicted octanol–water partition coefficient (Wildman–Crippen LogP) is 4.12. The van der Waals surface area contributed by atoms with E-state index in [2.05, 4.69) is 38.1 Å². The third kappa shape index (κ3) is 2.58. The normalized spacial score (nSPS) is 29.8. The Labute approximate surface area is 117 Å². The van der Waals surface area contributed by atoms with Gasteiger partial charge in [-0.25, -0.2) is 0 Å². The van der Waals surface area contributed by atoms with E-state index in [1.807, 2.05) is 0 Å². The van der Waals surface area contributed by atoms with Gasteiger partial charge in [-0.2, -0.15) is 0 Å². The molecule has 0 amide bonds. The molecule has 2 N–H and O–H groups in total. The van der Waals surface area contributed by atoms with Gasteiger partial charge in [0.2, 0.25) is 0 Å². The first-order valence-corrected chi connectivity index (χ1v) is 8.02. The molecule has 2 aliphatic rings. The van der Waals surface area contributed by atoms with Crippen molar-refractivity contribution in [3.63, 3.8) is 0 Å². The molecule has 4 unspecified atom stereocenters. The van der Waals surface area contributed by atoms with Crippen molar-refractivity contribution in [2.45, 2.75) is 57.9 Å². The van der Waals surface area contributed by atoms with E-state index < -0.39 is 0 Å².